The molecule has 0 aliphatic carbocycles. The van der Waals surface area contributed by atoms with E-state index in [9.17, 15) is 4.39 Å². The minimum absolute atomic E-state index is 0.224. The number of aromatic nitrogens is 7. The summed E-state index contributed by atoms with van der Waals surface area (Å²) in [7, 11) is 0. The second-order valence-electron chi connectivity index (χ2n) is 7.22. The molecule has 0 amide bonds. The summed E-state index contributed by atoms with van der Waals surface area (Å²) in [5.41, 5.74) is 4.25. The Morgan fingerprint density at radius 2 is 1.84 bits per heavy atom. The number of nitrogens with zero attached hydrogens (tertiary/aromatic N) is 5. The average molecular weight is 445 g/mol. The van der Waals surface area contributed by atoms with Crippen molar-refractivity contribution >= 4 is 33.4 Å². The van der Waals surface area contributed by atoms with Crippen molar-refractivity contribution < 1.29 is 8.78 Å². The first kappa shape index (κ1) is 18.7. The normalized spacial score (nSPS) is 11.6. The Kier molecular flexibility index (Phi) is 4.08. The highest BCUT2D eigenvalue weighted by atomic mass is 32.1. The number of hydrogen-bond acceptors (Lipinski definition) is 6. The predicted octanol–water partition coefficient (Wildman–Crippen LogP) is 5.27. The summed E-state index contributed by atoms with van der Waals surface area (Å²) < 4.78 is 29.3. The zero-order valence-corrected chi connectivity index (χ0v) is 17.3. The molecule has 10 heteroatoms. The van der Waals surface area contributed by atoms with E-state index in [1.165, 1.54) is 12.3 Å². The van der Waals surface area contributed by atoms with Gasteiger partial charge in [-0.05, 0) is 36.8 Å². The van der Waals surface area contributed by atoms with E-state index in [0.717, 1.165) is 16.9 Å². The third-order valence-electron chi connectivity index (χ3n) is 5.29. The summed E-state index contributed by atoms with van der Waals surface area (Å²) in [6, 6.07) is 6.62. The molecule has 0 saturated heterocycles. The fourth-order valence-electron chi connectivity index (χ4n) is 3.73. The lowest BCUT2D eigenvalue weighted by molar-refractivity contribution is 0.642. The van der Waals surface area contributed by atoms with Crippen LogP contribution in [0.2, 0.25) is 0 Å². The smallest absolute Gasteiger partial charge is 0.177 e. The maximum Gasteiger partial charge on any atom is 0.177 e. The van der Waals surface area contributed by atoms with E-state index in [1.54, 1.807) is 30.7 Å². The van der Waals surface area contributed by atoms with Crippen LogP contribution in [-0.2, 0) is 0 Å². The van der Waals surface area contributed by atoms with Gasteiger partial charge in [0, 0.05) is 35.9 Å². The second-order valence-corrected chi connectivity index (χ2v) is 8.25. The van der Waals surface area contributed by atoms with E-state index in [4.69, 9.17) is 0 Å². The van der Waals surface area contributed by atoms with Gasteiger partial charge < -0.3 is 4.98 Å². The molecule has 6 aromatic rings. The van der Waals surface area contributed by atoms with Gasteiger partial charge in [0.15, 0.2) is 16.6 Å². The molecule has 0 bridgehead atoms. The molecule has 6 heterocycles. The van der Waals surface area contributed by atoms with Crippen LogP contribution in [-0.4, -0.2) is 35.1 Å². The minimum atomic E-state index is -0.464. The molecule has 6 aromatic heterocycles. The van der Waals surface area contributed by atoms with Crippen LogP contribution in [0.25, 0.3) is 55.3 Å². The number of fused-ring (bicyclic) bond motifs is 2. The number of hydrogen-bond donors (Lipinski definition) is 2. The molecule has 0 saturated carbocycles. The van der Waals surface area contributed by atoms with Gasteiger partial charge in [-0.3, -0.25) is 15.1 Å². The van der Waals surface area contributed by atoms with E-state index in [0.29, 0.717) is 49.9 Å². The topological polar surface area (TPSA) is 96.0 Å². The van der Waals surface area contributed by atoms with Crippen LogP contribution < -0.4 is 0 Å². The van der Waals surface area contributed by atoms with Crippen LogP contribution in [0.1, 0.15) is 5.56 Å². The van der Waals surface area contributed by atoms with Crippen LogP contribution in [0.5, 0.6) is 0 Å². The highest BCUT2D eigenvalue weighted by molar-refractivity contribution is 7.13. The number of pyridine rings is 3. The van der Waals surface area contributed by atoms with Gasteiger partial charge in [-0.15, -0.1) is 11.3 Å². The van der Waals surface area contributed by atoms with Gasteiger partial charge in [-0.2, -0.15) is 9.49 Å². The van der Waals surface area contributed by atoms with Crippen molar-refractivity contribution in [3.63, 3.8) is 0 Å². The van der Waals surface area contributed by atoms with Gasteiger partial charge in [0.05, 0.1) is 15.8 Å². The van der Waals surface area contributed by atoms with E-state index < -0.39 is 5.82 Å². The van der Waals surface area contributed by atoms with E-state index in [-0.39, 0.29) is 10.5 Å². The maximum absolute atomic E-state index is 15.7. The molecule has 156 valence electrons. The molecule has 0 fully saturated rings. The molecular formula is C22H13F2N7S. The summed E-state index contributed by atoms with van der Waals surface area (Å²) in [6.07, 6.45) is 6.35. The fraction of sp³-hybridized carbons (Fsp3) is 0.0455. The Morgan fingerprint density at radius 3 is 2.66 bits per heavy atom. The number of aryl methyl sites for hydroxylation is 1. The number of aromatic amines is 2. The molecule has 0 atom stereocenters. The van der Waals surface area contributed by atoms with Crippen molar-refractivity contribution in [2.75, 3.05) is 0 Å². The highest BCUT2D eigenvalue weighted by Crippen LogP contribution is 2.35. The van der Waals surface area contributed by atoms with Gasteiger partial charge in [0.2, 0.25) is 0 Å². The third kappa shape index (κ3) is 2.80. The molecule has 32 heavy (non-hydrogen) atoms. The maximum atomic E-state index is 15.7. The van der Waals surface area contributed by atoms with Crippen LogP contribution in [0, 0.1) is 17.9 Å². The number of thiophene rings is 1. The van der Waals surface area contributed by atoms with Crippen molar-refractivity contribution in [3.8, 4) is 33.2 Å². The fourth-order valence-corrected chi connectivity index (χ4v) is 4.46. The summed E-state index contributed by atoms with van der Waals surface area (Å²) >= 11 is 0.988. The molecule has 0 spiro atoms. The van der Waals surface area contributed by atoms with E-state index in [2.05, 4.69) is 35.1 Å². The van der Waals surface area contributed by atoms with Gasteiger partial charge in [0.1, 0.15) is 22.7 Å². The van der Waals surface area contributed by atoms with Crippen LogP contribution in [0.3, 0.4) is 0 Å². The molecule has 7 nitrogen and oxygen atoms in total. The average Bonchev–Trinajstić information content (AvgIpc) is 3.52. The standard InChI is InChI=1S/C22H13F2N7S/c1-10-4-6-25-8-11(10)12-9-27-21-16(17(12)24)20(30-31-21)22-28-13-5-7-26-19(18(13)29-22)14-2-3-15(23)32-14/h2-9H,1H3,(H,28,29)(H,27,30,31). The number of H-pyrrole nitrogens is 2. The van der Waals surface area contributed by atoms with E-state index in [1.807, 2.05) is 13.0 Å². The van der Waals surface area contributed by atoms with Crippen molar-refractivity contribution in [1.82, 2.24) is 35.1 Å². The highest BCUT2D eigenvalue weighted by Gasteiger charge is 2.22. The van der Waals surface area contributed by atoms with E-state index >= 15 is 4.39 Å². The summed E-state index contributed by atoms with van der Waals surface area (Å²) in [5, 5.41) is 6.96. The predicted molar refractivity (Wildman–Crippen MR) is 118 cm³/mol. The molecule has 0 aliphatic heterocycles. The zero-order valence-electron chi connectivity index (χ0n) is 16.5. The van der Waals surface area contributed by atoms with Crippen LogP contribution in [0.15, 0.2) is 49.1 Å². The van der Waals surface area contributed by atoms with Crippen molar-refractivity contribution in [2.24, 2.45) is 0 Å². The van der Waals surface area contributed by atoms with Crippen molar-refractivity contribution in [2.45, 2.75) is 6.92 Å². The Balaban J connectivity index is 1.56. The molecule has 6 rings (SSSR count). The molecule has 0 aromatic carbocycles. The number of rotatable bonds is 3. The van der Waals surface area contributed by atoms with Crippen LogP contribution >= 0.6 is 11.3 Å². The lowest BCUT2D eigenvalue weighted by atomic mass is 10.0. The number of nitrogens with one attached hydrogen (secondary N) is 2. The number of halogens is 2. The van der Waals surface area contributed by atoms with Crippen molar-refractivity contribution in [3.05, 3.63) is 65.6 Å². The summed E-state index contributed by atoms with van der Waals surface area (Å²) in [4.78, 5) is 21.3. The lowest BCUT2D eigenvalue weighted by Gasteiger charge is -2.06. The van der Waals surface area contributed by atoms with Gasteiger partial charge in [-0.25, -0.2) is 14.4 Å². The lowest BCUT2D eigenvalue weighted by Crippen LogP contribution is -1.93. The quantitative estimate of drug-likeness (QED) is 0.387. The summed E-state index contributed by atoms with van der Waals surface area (Å²) in [6.45, 7) is 1.89. The Bertz CT molecular complexity index is 1630. The molecular weight excluding hydrogens is 432 g/mol. The third-order valence-corrected chi connectivity index (χ3v) is 6.17. The summed E-state index contributed by atoms with van der Waals surface area (Å²) in [5.74, 6) is -0.104. The molecule has 0 aliphatic rings. The Morgan fingerprint density at radius 1 is 0.938 bits per heavy atom. The largest absolute Gasteiger partial charge is 0.336 e. The van der Waals surface area contributed by atoms with Crippen LogP contribution in [0.4, 0.5) is 8.78 Å². The SMILES string of the molecule is Cc1ccncc1-c1cnc2[nH]nc(-c3nc4c(-c5ccc(F)s5)nccc4[nH]3)c2c1F. The molecule has 0 unspecified atom stereocenters. The first-order valence-corrected chi connectivity index (χ1v) is 10.5. The molecule has 2 N–H and O–H groups in total. The number of imidazole rings is 1. The van der Waals surface area contributed by atoms with Gasteiger partial charge in [0.25, 0.3) is 0 Å². The van der Waals surface area contributed by atoms with Gasteiger partial charge in [-0.1, -0.05) is 0 Å². The minimum Gasteiger partial charge on any atom is -0.336 e. The first-order valence-electron chi connectivity index (χ1n) is 9.64. The Labute approximate surface area is 183 Å². The van der Waals surface area contributed by atoms with Crippen molar-refractivity contribution in [1.29, 1.82) is 0 Å². The Hall–Kier alpha value is -4.05. The first-order chi connectivity index (χ1) is 15.6. The second kappa shape index (κ2) is 6.99. The van der Waals surface area contributed by atoms with Gasteiger partial charge >= 0.3 is 0 Å². The molecule has 0 radical (unpaired) electrons. The zero-order chi connectivity index (χ0) is 21.8. The monoisotopic (exact) mass is 445 g/mol.